The maximum absolute atomic E-state index is 6.00. The van der Waals surface area contributed by atoms with Crippen LogP contribution in [0.1, 0.15) is 44.6 Å². The molecule has 7 heteroatoms. The Bertz CT molecular complexity index is 762. The minimum atomic E-state index is -0.0488. The summed E-state index contributed by atoms with van der Waals surface area (Å²) < 4.78 is 22.8. The van der Waals surface area contributed by atoms with Crippen molar-refractivity contribution in [1.82, 2.24) is 10.6 Å². The molecule has 5 rings (SSSR count). The van der Waals surface area contributed by atoms with Gasteiger partial charge in [0, 0.05) is 25.2 Å². The Balaban J connectivity index is 1.36. The Morgan fingerprint density at radius 2 is 2.03 bits per heavy atom. The fourth-order valence-corrected chi connectivity index (χ4v) is 5.04. The van der Waals surface area contributed by atoms with Crippen LogP contribution in [0.5, 0.6) is 11.5 Å². The van der Waals surface area contributed by atoms with Crippen molar-refractivity contribution >= 4 is 5.96 Å². The number of nitrogens with one attached hydrogen (secondary N) is 2. The fraction of sp³-hybridized carbons (Fsp3) is 0.682. The Labute approximate surface area is 172 Å². The number of rotatable bonds is 5. The van der Waals surface area contributed by atoms with Gasteiger partial charge in [0.05, 0.1) is 24.8 Å². The molecule has 2 bridgehead atoms. The van der Waals surface area contributed by atoms with Crippen molar-refractivity contribution < 1.29 is 18.9 Å². The summed E-state index contributed by atoms with van der Waals surface area (Å²) in [7, 11) is 0. The van der Waals surface area contributed by atoms with Gasteiger partial charge in [0.1, 0.15) is 0 Å². The van der Waals surface area contributed by atoms with Crippen molar-refractivity contribution in [2.75, 3.05) is 33.1 Å². The molecule has 158 valence electrons. The number of benzene rings is 1. The van der Waals surface area contributed by atoms with Gasteiger partial charge in [0.15, 0.2) is 17.5 Å². The number of hydrogen-bond donors (Lipinski definition) is 2. The van der Waals surface area contributed by atoms with E-state index in [1.807, 2.05) is 6.07 Å². The highest BCUT2D eigenvalue weighted by Crippen LogP contribution is 2.41. The Hall–Kier alpha value is -1.99. The van der Waals surface area contributed by atoms with Gasteiger partial charge in [0.2, 0.25) is 6.79 Å². The number of fused-ring (bicyclic) bond motifs is 3. The van der Waals surface area contributed by atoms with Gasteiger partial charge < -0.3 is 29.6 Å². The Morgan fingerprint density at radius 3 is 2.79 bits per heavy atom. The van der Waals surface area contributed by atoms with E-state index in [1.165, 1.54) is 12.0 Å². The molecule has 2 N–H and O–H groups in total. The fourth-order valence-electron chi connectivity index (χ4n) is 5.04. The third-order valence-electron chi connectivity index (χ3n) is 6.75. The quantitative estimate of drug-likeness (QED) is 0.583. The molecule has 0 aromatic heterocycles. The largest absolute Gasteiger partial charge is 0.454 e. The molecule has 0 amide bonds. The first kappa shape index (κ1) is 19.0. The zero-order valence-corrected chi connectivity index (χ0v) is 17.1. The molecule has 0 saturated carbocycles. The molecule has 4 aliphatic heterocycles. The van der Waals surface area contributed by atoms with Crippen LogP contribution in [-0.4, -0.2) is 57.3 Å². The SMILES string of the molecule is CCNC(=NCC1(c2ccc3c(c2)OCO3)CCOCC1)NC1CC2CCC1O2. The maximum Gasteiger partial charge on any atom is 0.231 e. The van der Waals surface area contributed by atoms with Crippen molar-refractivity contribution in [2.45, 2.75) is 62.7 Å². The Kier molecular flexibility index (Phi) is 5.26. The summed E-state index contributed by atoms with van der Waals surface area (Å²) in [6, 6.07) is 6.68. The van der Waals surface area contributed by atoms with Crippen LogP contribution in [0, 0.1) is 0 Å². The summed E-state index contributed by atoms with van der Waals surface area (Å²) in [6.45, 7) is 5.48. The molecule has 0 radical (unpaired) electrons. The second-order valence-electron chi connectivity index (χ2n) is 8.52. The summed E-state index contributed by atoms with van der Waals surface area (Å²) in [5.74, 6) is 2.55. The average molecular weight is 402 g/mol. The summed E-state index contributed by atoms with van der Waals surface area (Å²) in [6.07, 6.45) is 6.09. The number of hydrogen-bond acceptors (Lipinski definition) is 5. The lowest BCUT2D eigenvalue weighted by Gasteiger charge is -2.37. The molecule has 1 aromatic rings. The molecule has 0 spiro atoms. The van der Waals surface area contributed by atoms with Crippen LogP contribution in [0.25, 0.3) is 0 Å². The molecule has 0 aliphatic carbocycles. The van der Waals surface area contributed by atoms with E-state index in [4.69, 9.17) is 23.9 Å². The molecule has 7 nitrogen and oxygen atoms in total. The highest BCUT2D eigenvalue weighted by Gasteiger charge is 2.41. The van der Waals surface area contributed by atoms with Crippen LogP contribution in [0.4, 0.5) is 0 Å². The van der Waals surface area contributed by atoms with Gasteiger partial charge in [-0.3, -0.25) is 4.99 Å². The van der Waals surface area contributed by atoms with Gasteiger partial charge in [-0.2, -0.15) is 0 Å². The van der Waals surface area contributed by atoms with E-state index < -0.39 is 0 Å². The van der Waals surface area contributed by atoms with E-state index in [1.54, 1.807) is 0 Å². The number of nitrogens with zero attached hydrogens (tertiary/aromatic N) is 1. The van der Waals surface area contributed by atoms with Crippen LogP contribution >= 0.6 is 0 Å². The monoisotopic (exact) mass is 401 g/mol. The lowest BCUT2D eigenvalue weighted by atomic mass is 9.74. The van der Waals surface area contributed by atoms with Crippen LogP contribution in [-0.2, 0) is 14.9 Å². The van der Waals surface area contributed by atoms with E-state index in [9.17, 15) is 0 Å². The summed E-state index contributed by atoms with van der Waals surface area (Å²) in [5.41, 5.74) is 1.21. The molecule has 1 aromatic carbocycles. The topological polar surface area (TPSA) is 73.3 Å². The molecule has 4 aliphatic rings. The van der Waals surface area contributed by atoms with E-state index in [0.29, 0.717) is 31.6 Å². The molecule has 3 unspecified atom stereocenters. The predicted octanol–water partition coefficient (Wildman–Crippen LogP) is 2.34. The van der Waals surface area contributed by atoms with Crippen molar-refractivity contribution in [2.24, 2.45) is 4.99 Å². The predicted molar refractivity (Wildman–Crippen MR) is 110 cm³/mol. The average Bonchev–Trinajstić information content (AvgIpc) is 3.49. The van der Waals surface area contributed by atoms with E-state index in [0.717, 1.165) is 62.9 Å². The third-order valence-corrected chi connectivity index (χ3v) is 6.75. The van der Waals surface area contributed by atoms with Crippen LogP contribution in [0.2, 0.25) is 0 Å². The normalized spacial score (nSPS) is 29.8. The first-order chi connectivity index (χ1) is 14.3. The van der Waals surface area contributed by atoms with Gasteiger partial charge in [-0.15, -0.1) is 0 Å². The lowest BCUT2D eigenvalue weighted by molar-refractivity contribution is 0.0530. The van der Waals surface area contributed by atoms with Crippen molar-refractivity contribution in [3.63, 3.8) is 0 Å². The van der Waals surface area contributed by atoms with Crippen LogP contribution in [0.3, 0.4) is 0 Å². The smallest absolute Gasteiger partial charge is 0.231 e. The zero-order chi connectivity index (χ0) is 19.7. The van der Waals surface area contributed by atoms with Gasteiger partial charge in [-0.25, -0.2) is 0 Å². The first-order valence-electron chi connectivity index (χ1n) is 10.9. The number of guanidine groups is 1. The number of ether oxygens (including phenoxy) is 4. The molecule has 3 saturated heterocycles. The highest BCUT2D eigenvalue weighted by molar-refractivity contribution is 5.80. The van der Waals surface area contributed by atoms with Gasteiger partial charge in [-0.1, -0.05) is 6.07 Å². The van der Waals surface area contributed by atoms with E-state index in [-0.39, 0.29) is 5.41 Å². The van der Waals surface area contributed by atoms with Gasteiger partial charge in [0.25, 0.3) is 0 Å². The second kappa shape index (κ2) is 8.03. The molecule has 3 atom stereocenters. The molecule has 4 heterocycles. The van der Waals surface area contributed by atoms with Crippen LogP contribution < -0.4 is 20.1 Å². The lowest BCUT2D eigenvalue weighted by Crippen LogP contribution is -2.48. The molecule has 29 heavy (non-hydrogen) atoms. The van der Waals surface area contributed by atoms with Crippen molar-refractivity contribution in [3.05, 3.63) is 23.8 Å². The van der Waals surface area contributed by atoms with E-state index >= 15 is 0 Å². The second-order valence-corrected chi connectivity index (χ2v) is 8.52. The maximum atomic E-state index is 6.00. The Morgan fingerprint density at radius 1 is 1.17 bits per heavy atom. The molecular formula is C22H31N3O4. The molecular weight excluding hydrogens is 370 g/mol. The summed E-state index contributed by atoms with van der Waals surface area (Å²) in [5, 5.41) is 7.06. The minimum absolute atomic E-state index is 0.0488. The van der Waals surface area contributed by atoms with E-state index in [2.05, 4.69) is 29.7 Å². The molecule has 3 fully saturated rings. The zero-order valence-electron chi connectivity index (χ0n) is 17.1. The first-order valence-corrected chi connectivity index (χ1v) is 10.9. The van der Waals surface area contributed by atoms with Gasteiger partial charge in [-0.05, 0) is 56.7 Å². The number of aliphatic imine (C=N–C) groups is 1. The van der Waals surface area contributed by atoms with Crippen molar-refractivity contribution in [1.29, 1.82) is 0 Å². The standard InChI is InChI=1S/C22H31N3O4/c1-2-23-21(25-17-12-16-4-6-18(17)29-16)24-13-22(7-9-26-10-8-22)15-3-5-19-20(11-15)28-14-27-19/h3,5,11,16-18H,2,4,6-10,12-14H2,1H3,(H2,23,24,25). The minimum Gasteiger partial charge on any atom is -0.454 e. The van der Waals surface area contributed by atoms with Crippen LogP contribution in [0.15, 0.2) is 23.2 Å². The summed E-state index contributed by atoms with van der Waals surface area (Å²) >= 11 is 0. The van der Waals surface area contributed by atoms with Crippen molar-refractivity contribution in [3.8, 4) is 11.5 Å². The summed E-state index contributed by atoms with van der Waals surface area (Å²) in [4.78, 5) is 5.04. The highest BCUT2D eigenvalue weighted by atomic mass is 16.7. The third kappa shape index (κ3) is 3.78. The van der Waals surface area contributed by atoms with Gasteiger partial charge >= 0.3 is 0 Å².